The van der Waals surface area contributed by atoms with E-state index in [1.165, 1.54) is 0 Å². The van der Waals surface area contributed by atoms with Gasteiger partial charge in [-0.2, -0.15) is 0 Å². The van der Waals surface area contributed by atoms with Gasteiger partial charge in [0.1, 0.15) is 5.76 Å². The SMILES string of the molecule is CC1=C(O)[C@H]2CCCC[C@H]2C1=O. The Balaban J connectivity index is 2.29. The highest BCUT2D eigenvalue weighted by Crippen LogP contribution is 2.42. The van der Waals surface area contributed by atoms with Crippen molar-refractivity contribution in [2.75, 3.05) is 0 Å². The Morgan fingerprint density at radius 1 is 1.25 bits per heavy atom. The number of aliphatic hydroxyl groups excluding tert-OH is 1. The molecule has 0 bridgehead atoms. The molecule has 2 heteroatoms. The summed E-state index contributed by atoms with van der Waals surface area (Å²) in [6, 6.07) is 0. The van der Waals surface area contributed by atoms with Crippen molar-refractivity contribution in [1.29, 1.82) is 0 Å². The van der Waals surface area contributed by atoms with Gasteiger partial charge in [-0.05, 0) is 19.8 Å². The molecule has 0 aromatic heterocycles. The Morgan fingerprint density at radius 3 is 2.42 bits per heavy atom. The summed E-state index contributed by atoms with van der Waals surface area (Å²) in [4.78, 5) is 11.5. The summed E-state index contributed by atoms with van der Waals surface area (Å²) in [5, 5.41) is 9.62. The number of aliphatic hydroxyl groups is 1. The van der Waals surface area contributed by atoms with E-state index in [0.717, 1.165) is 25.7 Å². The first-order chi connectivity index (χ1) is 5.72. The molecule has 2 rings (SSSR count). The third-order valence-electron chi connectivity index (χ3n) is 3.21. The van der Waals surface area contributed by atoms with E-state index in [1.54, 1.807) is 6.92 Å². The molecule has 0 aromatic carbocycles. The van der Waals surface area contributed by atoms with E-state index in [2.05, 4.69) is 0 Å². The maximum absolute atomic E-state index is 11.5. The summed E-state index contributed by atoms with van der Waals surface area (Å²) in [5.41, 5.74) is 0.618. The number of allylic oxidation sites excluding steroid dienone is 2. The lowest BCUT2D eigenvalue weighted by Crippen LogP contribution is -2.21. The molecule has 2 aliphatic carbocycles. The van der Waals surface area contributed by atoms with Crippen molar-refractivity contribution in [2.24, 2.45) is 11.8 Å². The second-order valence-electron chi connectivity index (χ2n) is 3.87. The second kappa shape index (κ2) is 2.61. The third kappa shape index (κ3) is 0.904. The van der Waals surface area contributed by atoms with E-state index in [0.29, 0.717) is 11.3 Å². The summed E-state index contributed by atoms with van der Waals surface area (Å²) in [5.74, 6) is 0.868. The fourth-order valence-corrected chi connectivity index (χ4v) is 2.45. The standard InChI is InChI=1S/C10H14O2/c1-6-9(11)7-4-2-3-5-8(7)10(6)12/h7-8,11H,2-5H2,1H3/t7-,8+/m0/s1. The zero-order valence-electron chi connectivity index (χ0n) is 7.34. The molecule has 0 unspecified atom stereocenters. The zero-order valence-corrected chi connectivity index (χ0v) is 7.34. The van der Waals surface area contributed by atoms with Gasteiger partial charge in [0.25, 0.3) is 0 Å². The molecule has 0 saturated heterocycles. The Morgan fingerprint density at radius 2 is 1.83 bits per heavy atom. The zero-order chi connectivity index (χ0) is 8.72. The fourth-order valence-electron chi connectivity index (χ4n) is 2.45. The van der Waals surface area contributed by atoms with Crippen molar-refractivity contribution < 1.29 is 9.90 Å². The molecule has 2 atom stereocenters. The van der Waals surface area contributed by atoms with Crippen LogP contribution in [0.1, 0.15) is 32.6 Å². The minimum Gasteiger partial charge on any atom is -0.512 e. The third-order valence-corrected chi connectivity index (χ3v) is 3.21. The number of hydrogen-bond acceptors (Lipinski definition) is 2. The van der Waals surface area contributed by atoms with Crippen molar-refractivity contribution >= 4 is 5.78 Å². The van der Waals surface area contributed by atoms with Gasteiger partial charge >= 0.3 is 0 Å². The molecule has 1 fully saturated rings. The Hall–Kier alpha value is -0.790. The predicted molar refractivity (Wildman–Crippen MR) is 45.8 cm³/mol. The number of fused-ring (bicyclic) bond motifs is 1. The van der Waals surface area contributed by atoms with Crippen LogP contribution >= 0.6 is 0 Å². The van der Waals surface area contributed by atoms with Crippen molar-refractivity contribution in [3.05, 3.63) is 11.3 Å². The van der Waals surface area contributed by atoms with Gasteiger partial charge in [-0.15, -0.1) is 0 Å². The first-order valence-corrected chi connectivity index (χ1v) is 4.65. The van der Waals surface area contributed by atoms with Gasteiger partial charge in [-0.1, -0.05) is 12.8 Å². The molecule has 0 aliphatic heterocycles. The molecule has 66 valence electrons. The van der Waals surface area contributed by atoms with E-state index in [1.807, 2.05) is 0 Å². The minimum absolute atomic E-state index is 0.124. The second-order valence-corrected chi connectivity index (χ2v) is 3.87. The van der Waals surface area contributed by atoms with E-state index < -0.39 is 0 Å². The van der Waals surface area contributed by atoms with E-state index >= 15 is 0 Å². The number of ketones is 1. The van der Waals surface area contributed by atoms with E-state index in [9.17, 15) is 9.90 Å². The van der Waals surface area contributed by atoms with Crippen molar-refractivity contribution in [1.82, 2.24) is 0 Å². The van der Waals surface area contributed by atoms with Gasteiger partial charge in [0.2, 0.25) is 0 Å². The van der Waals surface area contributed by atoms with Crippen LogP contribution in [0.4, 0.5) is 0 Å². The van der Waals surface area contributed by atoms with Crippen LogP contribution in [0, 0.1) is 11.8 Å². The van der Waals surface area contributed by atoms with Crippen LogP contribution in [0.15, 0.2) is 11.3 Å². The van der Waals surface area contributed by atoms with Crippen LogP contribution in [0.25, 0.3) is 0 Å². The number of Topliss-reactive ketones (excluding diaryl/α,β-unsaturated/α-hetero) is 1. The number of carbonyl (C=O) groups is 1. The lowest BCUT2D eigenvalue weighted by Gasteiger charge is -2.23. The van der Waals surface area contributed by atoms with Gasteiger partial charge in [-0.25, -0.2) is 0 Å². The first-order valence-electron chi connectivity index (χ1n) is 4.65. The minimum atomic E-state index is 0.124. The highest BCUT2D eigenvalue weighted by atomic mass is 16.3. The topological polar surface area (TPSA) is 37.3 Å². The van der Waals surface area contributed by atoms with Crippen LogP contribution < -0.4 is 0 Å². The number of carbonyl (C=O) groups excluding carboxylic acids is 1. The van der Waals surface area contributed by atoms with Crippen LogP contribution in [-0.4, -0.2) is 10.9 Å². The number of rotatable bonds is 0. The highest BCUT2D eigenvalue weighted by molar-refractivity contribution is 6.00. The monoisotopic (exact) mass is 166 g/mol. The molecule has 0 heterocycles. The van der Waals surface area contributed by atoms with Crippen LogP contribution in [0.2, 0.25) is 0 Å². The van der Waals surface area contributed by atoms with Crippen LogP contribution in [0.3, 0.4) is 0 Å². The summed E-state index contributed by atoms with van der Waals surface area (Å²) in [6.45, 7) is 1.75. The molecule has 12 heavy (non-hydrogen) atoms. The van der Waals surface area contributed by atoms with Crippen molar-refractivity contribution in [3.63, 3.8) is 0 Å². The maximum Gasteiger partial charge on any atom is 0.165 e. The van der Waals surface area contributed by atoms with Gasteiger partial charge in [-0.3, -0.25) is 4.79 Å². The fraction of sp³-hybridized carbons (Fsp3) is 0.700. The Bertz CT molecular complexity index is 253. The highest BCUT2D eigenvalue weighted by Gasteiger charge is 2.41. The normalized spacial score (nSPS) is 35.6. The molecule has 0 aromatic rings. The van der Waals surface area contributed by atoms with Gasteiger partial charge in [0, 0.05) is 17.4 Å². The molecular formula is C10H14O2. The summed E-state index contributed by atoms with van der Waals surface area (Å²) in [6.07, 6.45) is 4.28. The lowest BCUT2D eigenvalue weighted by molar-refractivity contribution is -0.119. The van der Waals surface area contributed by atoms with Crippen LogP contribution in [-0.2, 0) is 4.79 Å². The number of hydrogen-bond donors (Lipinski definition) is 1. The molecule has 0 spiro atoms. The maximum atomic E-state index is 11.5. The molecular weight excluding hydrogens is 152 g/mol. The quantitative estimate of drug-likeness (QED) is 0.599. The van der Waals surface area contributed by atoms with E-state index in [4.69, 9.17) is 0 Å². The molecule has 0 amide bonds. The Labute approximate surface area is 72.3 Å². The van der Waals surface area contributed by atoms with Crippen LogP contribution in [0.5, 0.6) is 0 Å². The van der Waals surface area contributed by atoms with Crippen molar-refractivity contribution in [3.8, 4) is 0 Å². The molecule has 2 nitrogen and oxygen atoms in total. The van der Waals surface area contributed by atoms with Gasteiger partial charge < -0.3 is 5.11 Å². The summed E-state index contributed by atoms with van der Waals surface area (Å²) >= 11 is 0. The average molecular weight is 166 g/mol. The van der Waals surface area contributed by atoms with Gasteiger partial charge in [0.05, 0.1) is 0 Å². The summed E-state index contributed by atoms with van der Waals surface area (Å²) in [7, 11) is 0. The molecule has 1 N–H and O–H groups in total. The average Bonchev–Trinajstić information content (AvgIpc) is 2.33. The Kier molecular flexibility index (Phi) is 1.71. The largest absolute Gasteiger partial charge is 0.512 e. The predicted octanol–water partition coefficient (Wildman–Crippen LogP) is 2.21. The lowest BCUT2D eigenvalue weighted by atomic mass is 9.80. The molecule has 2 aliphatic rings. The molecule has 1 saturated carbocycles. The van der Waals surface area contributed by atoms with Gasteiger partial charge in [0.15, 0.2) is 5.78 Å². The molecule has 0 radical (unpaired) electrons. The smallest absolute Gasteiger partial charge is 0.165 e. The van der Waals surface area contributed by atoms with Crippen molar-refractivity contribution in [2.45, 2.75) is 32.6 Å². The van der Waals surface area contributed by atoms with E-state index in [-0.39, 0.29) is 17.6 Å². The summed E-state index contributed by atoms with van der Waals surface area (Å²) < 4.78 is 0. The first kappa shape index (κ1) is 7.84.